The molecule has 0 radical (unpaired) electrons. The zero-order chi connectivity index (χ0) is 16.7. The maximum absolute atomic E-state index is 10.8. The zero-order valence-corrected chi connectivity index (χ0v) is 13.6. The summed E-state index contributed by atoms with van der Waals surface area (Å²) in [5.74, 6) is 0. The van der Waals surface area contributed by atoms with Crippen molar-refractivity contribution in [1.29, 1.82) is 0 Å². The fourth-order valence-electron chi connectivity index (χ4n) is 3.29. The highest BCUT2D eigenvalue weighted by atomic mass is 16.1. The molecule has 2 nitrogen and oxygen atoms in total. The van der Waals surface area contributed by atoms with Gasteiger partial charge in [-0.25, -0.2) is 0 Å². The number of carbonyl (C=O) groups is 1. The third kappa shape index (κ3) is 3.15. The van der Waals surface area contributed by atoms with Crippen LogP contribution in [0.2, 0.25) is 0 Å². The number of hydrogen-bond donors (Lipinski definition) is 1. The Labute approximate surface area is 143 Å². The van der Waals surface area contributed by atoms with E-state index in [-0.39, 0.29) is 5.41 Å². The Balaban J connectivity index is 2.22. The molecule has 0 aliphatic heterocycles. The molecule has 3 rings (SSSR count). The molecule has 0 saturated heterocycles. The largest absolute Gasteiger partial charge is 0.309 e. The van der Waals surface area contributed by atoms with Gasteiger partial charge in [0.05, 0.1) is 12.0 Å². The van der Waals surface area contributed by atoms with Gasteiger partial charge in [0, 0.05) is 6.54 Å². The Morgan fingerprint density at radius 2 is 1.04 bits per heavy atom. The smallest absolute Gasteiger partial charge is 0.133 e. The third-order valence-electron chi connectivity index (χ3n) is 4.42. The molecule has 0 bridgehead atoms. The van der Waals surface area contributed by atoms with Gasteiger partial charge in [0.1, 0.15) is 6.29 Å². The topological polar surface area (TPSA) is 29.1 Å². The standard InChI is InChI=1S/C22H21NO/c24-17-16-23-18-22(19-10-4-1-5-11-19,20-12-6-2-7-13-20)21-14-8-3-9-15-21/h1-15,17,23H,16,18H2. The lowest BCUT2D eigenvalue weighted by Crippen LogP contribution is -2.41. The Bertz CT molecular complexity index is 657. The van der Waals surface area contributed by atoms with Crippen molar-refractivity contribution in [2.24, 2.45) is 0 Å². The van der Waals surface area contributed by atoms with Gasteiger partial charge < -0.3 is 10.1 Å². The van der Waals surface area contributed by atoms with Crippen molar-refractivity contribution in [1.82, 2.24) is 5.32 Å². The first kappa shape index (κ1) is 16.2. The predicted octanol–water partition coefficient (Wildman–Crippen LogP) is 3.81. The van der Waals surface area contributed by atoms with E-state index in [0.717, 1.165) is 6.29 Å². The van der Waals surface area contributed by atoms with Crippen molar-refractivity contribution in [3.8, 4) is 0 Å². The fraction of sp³-hybridized carbons (Fsp3) is 0.136. The number of carbonyl (C=O) groups excluding carboxylic acids is 1. The van der Waals surface area contributed by atoms with Crippen molar-refractivity contribution in [3.63, 3.8) is 0 Å². The number of benzene rings is 3. The SMILES string of the molecule is O=CCNCC(c1ccccc1)(c1ccccc1)c1ccccc1. The molecule has 0 spiro atoms. The molecule has 0 heterocycles. The van der Waals surface area contributed by atoms with E-state index < -0.39 is 0 Å². The molecule has 3 aromatic carbocycles. The normalized spacial score (nSPS) is 11.2. The van der Waals surface area contributed by atoms with Gasteiger partial charge in [-0.05, 0) is 16.7 Å². The van der Waals surface area contributed by atoms with Crippen molar-refractivity contribution >= 4 is 6.29 Å². The van der Waals surface area contributed by atoms with Gasteiger partial charge in [0.15, 0.2) is 0 Å². The van der Waals surface area contributed by atoms with Crippen LogP contribution in [-0.4, -0.2) is 19.4 Å². The zero-order valence-electron chi connectivity index (χ0n) is 13.6. The molecule has 24 heavy (non-hydrogen) atoms. The summed E-state index contributed by atoms with van der Waals surface area (Å²) in [7, 11) is 0. The quantitative estimate of drug-likeness (QED) is 0.408. The molecule has 1 N–H and O–H groups in total. The lowest BCUT2D eigenvalue weighted by molar-refractivity contribution is -0.107. The van der Waals surface area contributed by atoms with Crippen molar-refractivity contribution in [3.05, 3.63) is 108 Å². The highest BCUT2D eigenvalue weighted by Crippen LogP contribution is 2.38. The maximum atomic E-state index is 10.8. The molecular weight excluding hydrogens is 294 g/mol. The Kier molecular flexibility index (Phi) is 5.19. The highest BCUT2D eigenvalue weighted by molar-refractivity contribution is 5.53. The number of hydrogen-bond acceptors (Lipinski definition) is 2. The molecule has 0 aromatic heterocycles. The molecule has 0 fully saturated rings. The number of nitrogens with one attached hydrogen (secondary N) is 1. The summed E-state index contributed by atoms with van der Waals surface area (Å²) < 4.78 is 0. The molecule has 0 saturated carbocycles. The summed E-state index contributed by atoms with van der Waals surface area (Å²) in [5, 5.41) is 3.30. The average Bonchev–Trinajstić information content (AvgIpc) is 2.68. The van der Waals surface area contributed by atoms with Crippen LogP contribution < -0.4 is 5.32 Å². The minimum atomic E-state index is -0.340. The van der Waals surface area contributed by atoms with Crippen LogP contribution in [0.25, 0.3) is 0 Å². The van der Waals surface area contributed by atoms with Crippen LogP contribution in [0.15, 0.2) is 91.0 Å². The van der Waals surface area contributed by atoms with Crippen molar-refractivity contribution in [2.45, 2.75) is 5.41 Å². The molecule has 0 aliphatic rings. The monoisotopic (exact) mass is 315 g/mol. The first-order valence-electron chi connectivity index (χ1n) is 8.19. The molecule has 0 amide bonds. The van der Waals surface area contributed by atoms with Crippen molar-refractivity contribution < 1.29 is 4.79 Å². The van der Waals surface area contributed by atoms with Crippen LogP contribution in [0.3, 0.4) is 0 Å². The van der Waals surface area contributed by atoms with Crippen LogP contribution in [-0.2, 0) is 10.2 Å². The Morgan fingerprint density at radius 1 is 0.667 bits per heavy atom. The van der Waals surface area contributed by atoms with Gasteiger partial charge in [-0.15, -0.1) is 0 Å². The Morgan fingerprint density at radius 3 is 1.38 bits per heavy atom. The van der Waals surface area contributed by atoms with Crippen LogP contribution in [0.5, 0.6) is 0 Å². The Hall–Kier alpha value is -2.71. The average molecular weight is 315 g/mol. The van der Waals surface area contributed by atoms with Gasteiger partial charge in [0.25, 0.3) is 0 Å². The summed E-state index contributed by atoms with van der Waals surface area (Å²) in [6.45, 7) is 0.998. The lowest BCUT2D eigenvalue weighted by atomic mass is 9.69. The molecule has 120 valence electrons. The summed E-state index contributed by atoms with van der Waals surface area (Å²) in [4.78, 5) is 10.8. The van der Waals surface area contributed by atoms with Gasteiger partial charge in [-0.1, -0.05) is 91.0 Å². The first-order valence-corrected chi connectivity index (χ1v) is 8.19. The minimum Gasteiger partial charge on any atom is -0.309 e. The van der Waals surface area contributed by atoms with E-state index in [1.54, 1.807) is 0 Å². The third-order valence-corrected chi connectivity index (χ3v) is 4.42. The second-order valence-electron chi connectivity index (χ2n) is 5.80. The summed E-state index contributed by atoms with van der Waals surface area (Å²) in [6.07, 6.45) is 0.908. The van der Waals surface area contributed by atoms with Gasteiger partial charge in [-0.2, -0.15) is 0 Å². The van der Waals surface area contributed by atoms with Crippen LogP contribution in [0.1, 0.15) is 16.7 Å². The molecule has 3 aromatic rings. The van der Waals surface area contributed by atoms with Crippen LogP contribution in [0.4, 0.5) is 0 Å². The summed E-state index contributed by atoms with van der Waals surface area (Å²) in [6, 6.07) is 31.4. The van der Waals surface area contributed by atoms with Crippen molar-refractivity contribution in [2.75, 3.05) is 13.1 Å². The van der Waals surface area contributed by atoms with E-state index >= 15 is 0 Å². The van der Waals surface area contributed by atoms with E-state index in [1.807, 2.05) is 18.2 Å². The minimum absolute atomic E-state index is 0.340. The molecular formula is C22H21NO. The molecule has 0 unspecified atom stereocenters. The molecule has 0 atom stereocenters. The van der Waals surface area contributed by atoms with Gasteiger partial charge in [-0.3, -0.25) is 0 Å². The number of aldehydes is 1. The van der Waals surface area contributed by atoms with Gasteiger partial charge >= 0.3 is 0 Å². The second kappa shape index (κ2) is 7.71. The maximum Gasteiger partial charge on any atom is 0.133 e. The highest BCUT2D eigenvalue weighted by Gasteiger charge is 2.35. The molecule has 2 heteroatoms. The summed E-state index contributed by atoms with van der Waals surface area (Å²) >= 11 is 0. The number of rotatable bonds is 7. The van der Waals surface area contributed by atoms with E-state index in [1.165, 1.54) is 16.7 Å². The van der Waals surface area contributed by atoms with E-state index in [9.17, 15) is 4.79 Å². The van der Waals surface area contributed by atoms with E-state index in [2.05, 4.69) is 78.1 Å². The summed E-state index contributed by atoms with van der Waals surface area (Å²) in [5.41, 5.74) is 3.29. The fourth-order valence-corrected chi connectivity index (χ4v) is 3.29. The van der Waals surface area contributed by atoms with Crippen LogP contribution >= 0.6 is 0 Å². The first-order chi connectivity index (χ1) is 11.9. The second-order valence-corrected chi connectivity index (χ2v) is 5.80. The van der Waals surface area contributed by atoms with Gasteiger partial charge in [0.2, 0.25) is 0 Å². The van der Waals surface area contributed by atoms with Crippen LogP contribution in [0, 0.1) is 0 Å². The lowest BCUT2D eigenvalue weighted by Gasteiger charge is -2.36. The molecule has 0 aliphatic carbocycles. The van der Waals surface area contributed by atoms with E-state index in [4.69, 9.17) is 0 Å². The predicted molar refractivity (Wildman–Crippen MR) is 98.1 cm³/mol. The van der Waals surface area contributed by atoms with E-state index in [0.29, 0.717) is 13.1 Å².